The van der Waals surface area contributed by atoms with E-state index in [4.69, 9.17) is 4.74 Å². The molecule has 0 N–H and O–H groups in total. The normalized spacial score (nSPS) is 10.6. The summed E-state index contributed by atoms with van der Waals surface area (Å²) < 4.78 is 4.76. The molecule has 0 bridgehead atoms. The second kappa shape index (κ2) is 5.70. The van der Waals surface area contributed by atoms with Crippen molar-refractivity contribution in [1.29, 1.82) is 0 Å². The van der Waals surface area contributed by atoms with E-state index in [0.717, 1.165) is 13.0 Å². The number of hydrogen-bond acceptors (Lipinski definition) is 1. The van der Waals surface area contributed by atoms with Crippen LogP contribution in [0.3, 0.4) is 0 Å². The Balaban J connectivity index is 2.78. The maximum absolute atomic E-state index is 4.76. The van der Waals surface area contributed by atoms with Crippen molar-refractivity contribution in [3.05, 3.63) is 12.2 Å². The molecule has 0 fully saturated rings. The molecule has 0 saturated carbocycles. The van der Waals surface area contributed by atoms with Crippen LogP contribution in [0.15, 0.2) is 12.2 Å². The van der Waals surface area contributed by atoms with Crippen LogP contribution in [0.1, 0.15) is 13.3 Å². The molecule has 0 aromatic heterocycles. The zero-order chi connectivity index (χ0) is 5.54. The van der Waals surface area contributed by atoms with E-state index in [1.165, 1.54) is 0 Å². The highest BCUT2D eigenvalue weighted by Gasteiger charge is 1.66. The third-order valence-electron chi connectivity index (χ3n) is 0.665. The molecule has 0 radical (unpaired) electrons. The summed E-state index contributed by atoms with van der Waals surface area (Å²) in [4.78, 5) is 0. The summed E-state index contributed by atoms with van der Waals surface area (Å²) in [5, 5.41) is 0. The van der Waals surface area contributed by atoms with Gasteiger partial charge in [0.25, 0.3) is 0 Å². The van der Waals surface area contributed by atoms with Gasteiger partial charge in [-0.15, -0.1) is 0 Å². The Bertz CT molecular complexity index is 48.1. The Morgan fingerprint density at radius 3 is 2.57 bits per heavy atom. The molecule has 0 amide bonds. The van der Waals surface area contributed by atoms with Crippen LogP contribution in [-0.2, 0) is 4.74 Å². The molecule has 0 aliphatic rings. The summed E-state index contributed by atoms with van der Waals surface area (Å²) in [5.41, 5.74) is 0. The number of allylic oxidation sites excluding steroid dienone is 1. The summed E-state index contributed by atoms with van der Waals surface area (Å²) >= 11 is 0. The van der Waals surface area contributed by atoms with Crippen LogP contribution in [-0.4, -0.2) is 13.7 Å². The van der Waals surface area contributed by atoms with E-state index in [1.54, 1.807) is 7.11 Å². The molecular formula is C6H12O. The van der Waals surface area contributed by atoms with E-state index in [1.807, 2.05) is 6.08 Å². The maximum atomic E-state index is 4.76. The molecule has 0 aliphatic heterocycles. The average molecular weight is 100 g/mol. The van der Waals surface area contributed by atoms with Crippen molar-refractivity contribution in [2.75, 3.05) is 13.7 Å². The first-order chi connectivity index (χ1) is 3.41. The van der Waals surface area contributed by atoms with Crippen LogP contribution in [0.2, 0.25) is 0 Å². The number of rotatable bonds is 3. The predicted molar refractivity (Wildman–Crippen MR) is 31.3 cm³/mol. The third kappa shape index (κ3) is 5.70. The predicted octanol–water partition coefficient (Wildman–Crippen LogP) is 1.60. The first kappa shape index (κ1) is 6.70. The highest BCUT2D eigenvalue weighted by molar-refractivity contribution is 4.79. The minimum atomic E-state index is 0.744. The zero-order valence-corrected chi connectivity index (χ0v) is 4.98. The van der Waals surface area contributed by atoms with Crippen LogP contribution in [0.25, 0.3) is 0 Å². The molecule has 0 atom stereocenters. The van der Waals surface area contributed by atoms with Gasteiger partial charge >= 0.3 is 0 Å². The molecule has 0 rings (SSSR count). The summed E-state index contributed by atoms with van der Waals surface area (Å²) in [6, 6.07) is 0. The van der Waals surface area contributed by atoms with Gasteiger partial charge in [-0.25, -0.2) is 0 Å². The average Bonchev–Trinajstić information content (AvgIpc) is 1.69. The molecule has 0 saturated heterocycles. The van der Waals surface area contributed by atoms with Crippen LogP contribution < -0.4 is 0 Å². The second-order valence-corrected chi connectivity index (χ2v) is 1.33. The Morgan fingerprint density at radius 2 is 2.14 bits per heavy atom. The van der Waals surface area contributed by atoms with E-state index in [-0.39, 0.29) is 0 Å². The van der Waals surface area contributed by atoms with Gasteiger partial charge in [0.1, 0.15) is 0 Å². The maximum Gasteiger partial charge on any atom is 0.0643 e. The summed E-state index contributed by atoms with van der Waals surface area (Å²) in [5.74, 6) is 0. The van der Waals surface area contributed by atoms with Crippen molar-refractivity contribution in [2.24, 2.45) is 0 Å². The standard InChI is InChI=1S/C6H12O/c1-3-4-5-6-7-2/h4-5H,3,6H2,1-2H3. The summed E-state index contributed by atoms with van der Waals surface area (Å²) in [7, 11) is 1.69. The number of methoxy groups -OCH3 is 1. The highest BCUT2D eigenvalue weighted by Crippen LogP contribution is 1.77. The smallest absolute Gasteiger partial charge is 0.0643 e. The largest absolute Gasteiger partial charge is 0.381 e. The van der Waals surface area contributed by atoms with Crippen molar-refractivity contribution in [2.45, 2.75) is 13.3 Å². The van der Waals surface area contributed by atoms with Crippen molar-refractivity contribution >= 4 is 0 Å². The Hall–Kier alpha value is -0.300. The number of ether oxygens (including phenoxy) is 1. The van der Waals surface area contributed by atoms with E-state index in [9.17, 15) is 0 Å². The minimum Gasteiger partial charge on any atom is -0.381 e. The van der Waals surface area contributed by atoms with Gasteiger partial charge in [0.15, 0.2) is 0 Å². The molecule has 0 spiro atoms. The lowest BCUT2D eigenvalue weighted by Crippen LogP contribution is -1.78. The van der Waals surface area contributed by atoms with Gasteiger partial charge in [-0.3, -0.25) is 0 Å². The van der Waals surface area contributed by atoms with Gasteiger partial charge in [-0.05, 0) is 6.42 Å². The highest BCUT2D eigenvalue weighted by atomic mass is 16.5. The second-order valence-electron chi connectivity index (χ2n) is 1.33. The minimum absolute atomic E-state index is 0.744. The molecule has 0 heterocycles. The molecule has 0 unspecified atom stereocenters. The Kier molecular flexibility index (Phi) is 5.46. The molecule has 7 heavy (non-hydrogen) atoms. The Morgan fingerprint density at radius 1 is 1.43 bits per heavy atom. The van der Waals surface area contributed by atoms with Gasteiger partial charge < -0.3 is 4.74 Å². The fraction of sp³-hybridized carbons (Fsp3) is 0.667. The van der Waals surface area contributed by atoms with Crippen molar-refractivity contribution in [3.63, 3.8) is 0 Å². The monoisotopic (exact) mass is 100 g/mol. The van der Waals surface area contributed by atoms with Crippen molar-refractivity contribution in [3.8, 4) is 0 Å². The topological polar surface area (TPSA) is 9.23 Å². The summed E-state index contributed by atoms with van der Waals surface area (Å²) in [6.45, 7) is 2.85. The molecule has 0 aromatic carbocycles. The third-order valence-corrected chi connectivity index (χ3v) is 0.665. The molecule has 1 nitrogen and oxygen atoms in total. The molecule has 42 valence electrons. The lowest BCUT2D eigenvalue weighted by Gasteiger charge is -1.83. The first-order valence-corrected chi connectivity index (χ1v) is 2.55. The van der Waals surface area contributed by atoms with Crippen LogP contribution in [0, 0.1) is 0 Å². The lowest BCUT2D eigenvalue weighted by molar-refractivity contribution is 0.233. The van der Waals surface area contributed by atoms with Crippen molar-refractivity contribution in [1.82, 2.24) is 0 Å². The lowest BCUT2D eigenvalue weighted by atomic mass is 10.4. The van der Waals surface area contributed by atoms with Gasteiger partial charge in [0.05, 0.1) is 6.61 Å². The summed E-state index contributed by atoms with van der Waals surface area (Å²) in [6.07, 6.45) is 5.20. The quantitative estimate of drug-likeness (QED) is 0.489. The van der Waals surface area contributed by atoms with Gasteiger partial charge in [-0.2, -0.15) is 0 Å². The molecule has 0 aliphatic carbocycles. The fourth-order valence-corrected chi connectivity index (χ4v) is 0.331. The first-order valence-electron chi connectivity index (χ1n) is 2.55. The molecule has 1 heteroatoms. The zero-order valence-electron chi connectivity index (χ0n) is 4.98. The van der Waals surface area contributed by atoms with Gasteiger partial charge in [-0.1, -0.05) is 19.1 Å². The van der Waals surface area contributed by atoms with Gasteiger partial charge in [0.2, 0.25) is 0 Å². The van der Waals surface area contributed by atoms with E-state index in [2.05, 4.69) is 13.0 Å². The van der Waals surface area contributed by atoms with E-state index < -0.39 is 0 Å². The van der Waals surface area contributed by atoms with Gasteiger partial charge in [0, 0.05) is 7.11 Å². The SMILES string of the molecule is CCC=CCOC. The van der Waals surface area contributed by atoms with Crippen molar-refractivity contribution < 1.29 is 4.74 Å². The van der Waals surface area contributed by atoms with Crippen LogP contribution >= 0.6 is 0 Å². The van der Waals surface area contributed by atoms with Crippen LogP contribution in [0.5, 0.6) is 0 Å². The fourth-order valence-electron chi connectivity index (χ4n) is 0.331. The molecule has 0 aromatic rings. The number of hydrogen-bond donors (Lipinski definition) is 0. The Labute approximate surface area is 45.0 Å². The van der Waals surface area contributed by atoms with Crippen LogP contribution in [0.4, 0.5) is 0 Å². The molecular weight excluding hydrogens is 88.1 g/mol. The van der Waals surface area contributed by atoms with E-state index >= 15 is 0 Å². The van der Waals surface area contributed by atoms with E-state index in [0.29, 0.717) is 0 Å².